The molecule has 1 aromatic rings. The third-order valence-corrected chi connectivity index (χ3v) is 3.00. The van der Waals surface area contributed by atoms with Gasteiger partial charge in [0.05, 0.1) is 6.10 Å². The van der Waals surface area contributed by atoms with Crippen molar-refractivity contribution in [1.82, 2.24) is 4.90 Å². The second-order valence-electron chi connectivity index (χ2n) is 4.52. The van der Waals surface area contributed by atoms with Crippen LogP contribution in [0.4, 0.5) is 0 Å². The van der Waals surface area contributed by atoms with Crippen molar-refractivity contribution in [1.29, 1.82) is 0 Å². The first-order chi connectivity index (χ1) is 8.97. The number of nitrogens with zero attached hydrogens (tertiary/aromatic N) is 1. The second kappa shape index (κ2) is 5.27. The van der Waals surface area contributed by atoms with Crippen LogP contribution in [-0.2, 0) is 9.59 Å². The predicted molar refractivity (Wildman–Crippen MR) is 66.2 cm³/mol. The number of carboxylic acid groups (broad SMARTS) is 1. The maximum atomic E-state index is 11.9. The van der Waals surface area contributed by atoms with Crippen molar-refractivity contribution in [3.8, 4) is 0 Å². The van der Waals surface area contributed by atoms with Gasteiger partial charge in [-0.3, -0.25) is 4.79 Å². The summed E-state index contributed by atoms with van der Waals surface area (Å²) in [6, 6.07) is 2.52. The van der Waals surface area contributed by atoms with E-state index in [1.54, 1.807) is 19.1 Å². The summed E-state index contributed by atoms with van der Waals surface area (Å²) in [4.78, 5) is 24.1. The van der Waals surface area contributed by atoms with Gasteiger partial charge in [-0.1, -0.05) is 0 Å². The number of β-amino-alcohol motifs (C(OH)–C–C–N with tert-alkyl or cyclic N) is 1. The Morgan fingerprint density at radius 2 is 2.21 bits per heavy atom. The molecule has 0 spiro atoms. The highest BCUT2D eigenvalue weighted by molar-refractivity contribution is 5.94. The Bertz CT molecular complexity index is 519. The van der Waals surface area contributed by atoms with Crippen molar-refractivity contribution >= 4 is 18.0 Å². The molecule has 102 valence electrons. The molecule has 6 heteroatoms. The maximum Gasteiger partial charge on any atom is 0.326 e. The summed E-state index contributed by atoms with van der Waals surface area (Å²) in [5, 5.41) is 18.4. The Balaban J connectivity index is 2.06. The Morgan fingerprint density at radius 3 is 2.79 bits per heavy atom. The Labute approximate surface area is 109 Å². The second-order valence-corrected chi connectivity index (χ2v) is 4.52. The van der Waals surface area contributed by atoms with Gasteiger partial charge >= 0.3 is 5.97 Å². The lowest BCUT2D eigenvalue weighted by Gasteiger charge is -2.18. The number of aliphatic carboxylic acids is 1. The fourth-order valence-corrected chi connectivity index (χ4v) is 2.08. The molecule has 0 radical (unpaired) electrons. The summed E-state index contributed by atoms with van der Waals surface area (Å²) < 4.78 is 5.27. The molecule has 1 amide bonds. The highest BCUT2D eigenvalue weighted by atomic mass is 16.4. The number of hydrogen-bond acceptors (Lipinski definition) is 4. The predicted octanol–water partition coefficient (Wildman–Crippen LogP) is 0.648. The van der Waals surface area contributed by atoms with Crippen LogP contribution >= 0.6 is 0 Å². The fraction of sp³-hybridized carbons (Fsp3) is 0.385. The van der Waals surface area contributed by atoms with E-state index in [2.05, 4.69) is 0 Å². The maximum absolute atomic E-state index is 11.9. The third kappa shape index (κ3) is 3.03. The number of rotatable bonds is 3. The average molecular weight is 265 g/mol. The van der Waals surface area contributed by atoms with Crippen LogP contribution in [0.25, 0.3) is 6.08 Å². The zero-order valence-electron chi connectivity index (χ0n) is 10.4. The summed E-state index contributed by atoms with van der Waals surface area (Å²) in [7, 11) is 0. The van der Waals surface area contributed by atoms with Gasteiger partial charge in [-0.15, -0.1) is 0 Å². The van der Waals surface area contributed by atoms with Crippen molar-refractivity contribution in [2.45, 2.75) is 25.5 Å². The lowest BCUT2D eigenvalue weighted by Crippen LogP contribution is -2.39. The van der Waals surface area contributed by atoms with Crippen molar-refractivity contribution in [3.63, 3.8) is 0 Å². The van der Waals surface area contributed by atoms with Crippen molar-refractivity contribution in [2.75, 3.05) is 6.54 Å². The lowest BCUT2D eigenvalue weighted by molar-refractivity contribution is -0.146. The van der Waals surface area contributed by atoms with E-state index < -0.39 is 24.0 Å². The zero-order valence-corrected chi connectivity index (χ0v) is 10.4. The van der Waals surface area contributed by atoms with E-state index in [9.17, 15) is 14.7 Å². The van der Waals surface area contributed by atoms with Gasteiger partial charge in [0.2, 0.25) is 5.91 Å². The van der Waals surface area contributed by atoms with Crippen molar-refractivity contribution < 1.29 is 24.2 Å². The highest BCUT2D eigenvalue weighted by Crippen LogP contribution is 2.19. The van der Waals surface area contributed by atoms with Gasteiger partial charge in [0.1, 0.15) is 17.6 Å². The molecule has 19 heavy (non-hydrogen) atoms. The number of likely N-dealkylation sites (tertiary alicyclic amines) is 1. The summed E-state index contributed by atoms with van der Waals surface area (Å²) in [5.41, 5.74) is 0. The van der Waals surface area contributed by atoms with Gasteiger partial charge in [-0.25, -0.2) is 4.79 Å². The number of carbonyl (C=O) groups excluding carboxylic acids is 1. The summed E-state index contributed by atoms with van der Waals surface area (Å²) in [6.07, 6.45) is 2.02. The summed E-state index contributed by atoms with van der Waals surface area (Å²) in [5.74, 6) is -0.297. The molecule has 2 atom stereocenters. The first-order valence-electron chi connectivity index (χ1n) is 5.93. The Kier molecular flexibility index (Phi) is 3.71. The quantitative estimate of drug-likeness (QED) is 0.783. The molecular weight excluding hydrogens is 250 g/mol. The molecule has 1 saturated heterocycles. The first kappa shape index (κ1) is 13.4. The third-order valence-electron chi connectivity index (χ3n) is 3.00. The van der Waals surface area contributed by atoms with Crippen molar-refractivity contribution in [2.24, 2.45) is 0 Å². The molecule has 0 bridgehead atoms. The molecule has 2 N–H and O–H groups in total. The fourth-order valence-electron chi connectivity index (χ4n) is 2.08. The molecule has 0 aliphatic carbocycles. The van der Waals surface area contributed by atoms with E-state index in [1.807, 2.05) is 0 Å². The number of carboxylic acids is 1. The lowest BCUT2D eigenvalue weighted by atomic mass is 10.2. The average Bonchev–Trinajstić information content (AvgIpc) is 2.92. The molecule has 1 aliphatic heterocycles. The number of carbonyl (C=O) groups is 2. The number of amides is 1. The molecule has 0 saturated carbocycles. The minimum Gasteiger partial charge on any atom is -0.480 e. The number of hydrogen-bond donors (Lipinski definition) is 2. The van der Waals surface area contributed by atoms with Gasteiger partial charge in [-0.2, -0.15) is 0 Å². The molecule has 6 nitrogen and oxygen atoms in total. The number of furan rings is 1. The summed E-state index contributed by atoms with van der Waals surface area (Å²) >= 11 is 0. The first-order valence-corrected chi connectivity index (χ1v) is 5.93. The van der Waals surface area contributed by atoms with Gasteiger partial charge in [0.15, 0.2) is 0 Å². The van der Waals surface area contributed by atoms with Crippen LogP contribution in [0.5, 0.6) is 0 Å². The van der Waals surface area contributed by atoms with E-state index in [1.165, 1.54) is 12.2 Å². The van der Waals surface area contributed by atoms with E-state index in [0.29, 0.717) is 5.76 Å². The van der Waals surface area contributed by atoms with E-state index in [-0.39, 0.29) is 13.0 Å². The minimum atomic E-state index is -1.10. The zero-order chi connectivity index (χ0) is 14.0. The number of aliphatic hydroxyl groups is 1. The van der Waals surface area contributed by atoms with E-state index in [4.69, 9.17) is 9.52 Å². The molecule has 0 aromatic carbocycles. The smallest absolute Gasteiger partial charge is 0.326 e. The van der Waals surface area contributed by atoms with Crippen LogP contribution in [0.15, 0.2) is 22.6 Å². The van der Waals surface area contributed by atoms with Crippen LogP contribution < -0.4 is 0 Å². The van der Waals surface area contributed by atoms with E-state index in [0.717, 1.165) is 10.7 Å². The normalized spacial score (nSPS) is 23.2. The van der Waals surface area contributed by atoms with Gasteiger partial charge < -0.3 is 19.5 Å². The largest absolute Gasteiger partial charge is 0.480 e. The molecular formula is C13H15NO5. The molecule has 2 rings (SSSR count). The van der Waals surface area contributed by atoms with Crippen LogP contribution in [0.1, 0.15) is 17.9 Å². The Morgan fingerprint density at radius 1 is 1.47 bits per heavy atom. The van der Waals surface area contributed by atoms with Crippen molar-refractivity contribution in [3.05, 3.63) is 29.7 Å². The van der Waals surface area contributed by atoms with E-state index >= 15 is 0 Å². The SMILES string of the molecule is Cc1ccc(C=CC(=O)N2C[C@@H](O)C[C@H]2C(=O)O)o1. The highest BCUT2D eigenvalue weighted by Gasteiger charge is 2.37. The minimum absolute atomic E-state index is 0.0390. The monoisotopic (exact) mass is 265 g/mol. The van der Waals surface area contributed by atoms with Crippen LogP contribution in [0.2, 0.25) is 0 Å². The molecule has 1 fully saturated rings. The molecule has 2 heterocycles. The van der Waals surface area contributed by atoms with Crippen LogP contribution in [-0.4, -0.2) is 45.7 Å². The Hall–Kier alpha value is -2.08. The standard InChI is InChI=1S/C13H15NO5/c1-8-2-3-10(19-8)4-5-12(16)14-7-9(15)6-11(14)13(17)18/h2-5,9,11,15H,6-7H2,1H3,(H,17,18)/t9-,11-/m0/s1. The molecule has 0 unspecified atom stereocenters. The van der Waals surface area contributed by atoms with Crippen LogP contribution in [0, 0.1) is 6.92 Å². The van der Waals surface area contributed by atoms with Gasteiger partial charge in [0, 0.05) is 19.0 Å². The number of aliphatic hydroxyl groups excluding tert-OH is 1. The topological polar surface area (TPSA) is 91.0 Å². The molecule has 1 aromatic heterocycles. The van der Waals surface area contributed by atoms with Gasteiger partial charge in [0.25, 0.3) is 0 Å². The molecule has 1 aliphatic rings. The van der Waals surface area contributed by atoms with Crippen LogP contribution in [0.3, 0.4) is 0 Å². The summed E-state index contributed by atoms with van der Waals surface area (Å²) in [6.45, 7) is 1.83. The van der Waals surface area contributed by atoms with Gasteiger partial charge in [-0.05, 0) is 25.1 Å². The number of aryl methyl sites for hydroxylation is 1.